The maximum atomic E-state index is 13.6. The molecule has 1 atom stereocenters. The summed E-state index contributed by atoms with van der Waals surface area (Å²) in [5.41, 5.74) is 0.532. The molecule has 3 rings (SSSR count). The molecular weight excluding hydrogens is 341 g/mol. The lowest BCUT2D eigenvalue weighted by Crippen LogP contribution is -2.08. The van der Waals surface area contributed by atoms with Crippen LogP contribution < -0.4 is 0 Å². The Morgan fingerprint density at radius 1 is 1.35 bits per heavy atom. The molecule has 1 aromatic heterocycles. The number of hydrogen-bond acceptors (Lipinski definition) is 6. The van der Waals surface area contributed by atoms with Crippen LogP contribution in [0.25, 0.3) is 0 Å². The number of benzene rings is 1. The lowest BCUT2D eigenvalue weighted by Gasteiger charge is -2.05. The zero-order valence-corrected chi connectivity index (χ0v) is 14.3. The van der Waals surface area contributed by atoms with Gasteiger partial charge in [-0.15, -0.1) is 0 Å². The van der Waals surface area contributed by atoms with Gasteiger partial charge in [0.15, 0.2) is 23.5 Å². The van der Waals surface area contributed by atoms with Crippen LogP contribution in [0, 0.1) is 11.7 Å². The van der Waals surface area contributed by atoms with Gasteiger partial charge in [-0.1, -0.05) is 23.4 Å². The van der Waals surface area contributed by atoms with Crippen LogP contribution in [0.5, 0.6) is 0 Å². The molecule has 138 valence electrons. The van der Waals surface area contributed by atoms with Gasteiger partial charge >= 0.3 is 0 Å². The lowest BCUT2D eigenvalue weighted by molar-refractivity contribution is 0.0848. The van der Waals surface area contributed by atoms with Gasteiger partial charge in [0.1, 0.15) is 12.4 Å². The number of Topliss-reactive ketones (excluding diaryl/α,β-unsaturated/α-hetero) is 1. The third-order valence-electron chi connectivity index (χ3n) is 4.44. The first kappa shape index (κ1) is 18.4. The minimum atomic E-state index is -0.368. The second-order valence-corrected chi connectivity index (χ2v) is 6.26. The highest BCUT2D eigenvalue weighted by Crippen LogP contribution is 2.21. The molecule has 1 saturated heterocycles. The van der Waals surface area contributed by atoms with Crippen molar-refractivity contribution >= 4 is 12.1 Å². The van der Waals surface area contributed by atoms with Crippen molar-refractivity contribution in [2.45, 2.75) is 32.5 Å². The van der Waals surface area contributed by atoms with Crippen LogP contribution in [0.15, 0.2) is 28.8 Å². The summed E-state index contributed by atoms with van der Waals surface area (Å²) in [5, 5.41) is 3.73. The number of nitrogens with zero attached hydrogens (tertiary/aromatic N) is 1. The lowest BCUT2D eigenvalue weighted by atomic mass is 9.99. The zero-order valence-electron chi connectivity index (χ0n) is 14.3. The van der Waals surface area contributed by atoms with Gasteiger partial charge in [0.25, 0.3) is 0 Å². The number of ketones is 1. The van der Waals surface area contributed by atoms with Crippen molar-refractivity contribution in [3.63, 3.8) is 0 Å². The standard InChI is InChI=1S/C19H20FNO5/c20-16-4-2-1-3-14(16)11-25-12-18-15(9-22)19(21-26-18)17(23)6-5-13-7-8-24-10-13/h1-4,9,13H,5-8,10-12H2. The van der Waals surface area contributed by atoms with Crippen LogP contribution in [0.2, 0.25) is 0 Å². The van der Waals surface area contributed by atoms with E-state index in [1.54, 1.807) is 18.2 Å². The summed E-state index contributed by atoms with van der Waals surface area (Å²) in [6.07, 6.45) is 2.48. The van der Waals surface area contributed by atoms with Crippen LogP contribution in [0.3, 0.4) is 0 Å². The third kappa shape index (κ3) is 4.42. The Morgan fingerprint density at radius 3 is 2.92 bits per heavy atom. The molecule has 0 amide bonds. The van der Waals surface area contributed by atoms with Gasteiger partial charge in [-0.3, -0.25) is 9.59 Å². The predicted octanol–water partition coefficient (Wildman–Crippen LogP) is 3.34. The summed E-state index contributed by atoms with van der Waals surface area (Å²) in [4.78, 5) is 23.7. The Hall–Kier alpha value is -2.38. The van der Waals surface area contributed by atoms with Gasteiger partial charge in [0.2, 0.25) is 0 Å². The van der Waals surface area contributed by atoms with Gasteiger partial charge in [0.05, 0.1) is 12.2 Å². The fraction of sp³-hybridized carbons (Fsp3) is 0.421. The van der Waals surface area contributed by atoms with Gasteiger partial charge in [-0.2, -0.15) is 0 Å². The second-order valence-electron chi connectivity index (χ2n) is 6.26. The van der Waals surface area contributed by atoms with E-state index in [0.717, 1.165) is 13.0 Å². The minimum absolute atomic E-state index is 0.0244. The van der Waals surface area contributed by atoms with Gasteiger partial charge in [0, 0.05) is 25.2 Å². The van der Waals surface area contributed by atoms with Gasteiger partial charge in [-0.25, -0.2) is 4.39 Å². The SMILES string of the molecule is O=Cc1c(C(=O)CCC2CCOC2)noc1COCc1ccccc1F. The number of carbonyl (C=O) groups excluding carboxylic acids is 2. The molecule has 0 N–H and O–H groups in total. The second kappa shape index (κ2) is 8.82. The van der Waals surface area contributed by atoms with Crippen molar-refractivity contribution in [2.75, 3.05) is 13.2 Å². The van der Waals surface area contributed by atoms with Crippen molar-refractivity contribution in [1.29, 1.82) is 0 Å². The quantitative estimate of drug-likeness (QED) is 0.503. The summed E-state index contributed by atoms with van der Waals surface area (Å²) in [6, 6.07) is 6.25. The van der Waals surface area contributed by atoms with E-state index in [4.69, 9.17) is 14.0 Å². The topological polar surface area (TPSA) is 78.6 Å². The van der Waals surface area contributed by atoms with Crippen molar-refractivity contribution in [1.82, 2.24) is 5.16 Å². The molecule has 0 radical (unpaired) electrons. The van der Waals surface area contributed by atoms with Crippen LogP contribution in [-0.2, 0) is 22.7 Å². The van der Waals surface area contributed by atoms with Gasteiger partial charge in [-0.05, 0) is 24.8 Å². The van der Waals surface area contributed by atoms with Crippen molar-refractivity contribution < 1.29 is 28.0 Å². The van der Waals surface area contributed by atoms with E-state index in [-0.39, 0.29) is 48.3 Å². The van der Waals surface area contributed by atoms with E-state index in [2.05, 4.69) is 5.16 Å². The van der Waals surface area contributed by atoms with E-state index < -0.39 is 0 Å². The highest BCUT2D eigenvalue weighted by atomic mass is 19.1. The van der Waals surface area contributed by atoms with Crippen LogP contribution in [-0.4, -0.2) is 30.4 Å². The molecule has 1 aliphatic heterocycles. The monoisotopic (exact) mass is 361 g/mol. The van der Waals surface area contributed by atoms with Crippen LogP contribution in [0.4, 0.5) is 4.39 Å². The first-order chi connectivity index (χ1) is 12.7. The minimum Gasteiger partial charge on any atom is -0.381 e. The molecule has 1 fully saturated rings. The molecule has 6 nitrogen and oxygen atoms in total. The molecule has 1 unspecified atom stereocenters. The molecule has 1 aliphatic rings. The average molecular weight is 361 g/mol. The van der Waals surface area contributed by atoms with Crippen LogP contribution in [0.1, 0.15) is 51.4 Å². The number of rotatable bonds is 9. The molecule has 7 heteroatoms. The summed E-state index contributed by atoms with van der Waals surface area (Å²) < 4.78 is 29.4. The molecule has 2 heterocycles. The van der Waals surface area contributed by atoms with E-state index >= 15 is 0 Å². The largest absolute Gasteiger partial charge is 0.381 e. The first-order valence-electron chi connectivity index (χ1n) is 8.55. The zero-order chi connectivity index (χ0) is 18.4. The van der Waals surface area contributed by atoms with Gasteiger partial charge < -0.3 is 14.0 Å². The maximum absolute atomic E-state index is 13.6. The molecular formula is C19H20FNO5. The molecule has 26 heavy (non-hydrogen) atoms. The first-order valence-corrected chi connectivity index (χ1v) is 8.55. The number of aldehydes is 1. The fourth-order valence-electron chi connectivity index (χ4n) is 2.89. The fourth-order valence-corrected chi connectivity index (χ4v) is 2.89. The summed E-state index contributed by atoms with van der Waals surface area (Å²) in [7, 11) is 0. The number of ether oxygens (including phenoxy) is 2. The maximum Gasteiger partial charge on any atom is 0.185 e. The summed E-state index contributed by atoms with van der Waals surface area (Å²) in [6.45, 7) is 1.35. The van der Waals surface area contributed by atoms with Crippen LogP contribution >= 0.6 is 0 Å². The van der Waals surface area contributed by atoms with E-state index in [1.807, 2.05) is 0 Å². The van der Waals surface area contributed by atoms with Crippen molar-refractivity contribution in [3.05, 3.63) is 52.7 Å². The Labute approximate surface area is 150 Å². The Kier molecular flexibility index (Phi) is 6.25. The Balaban J connectivity index is 1.57. The molecule has 2 aromatic rings. The van der Waals surface area contributed by atoms with Crippen molar-refractivity contribution in [2.24, 2.45) is 5.92 Å². The summed E-state index contributed by atoms with van der Waals surface area (Å²) >= 11 is 0. The van der Waals surface area contributed by atoms with E-state index in [1.165, 1.54) is 6.07 Å². The van der Waals surface area contributed by atoms with E-state index in [0.29, 0.717) is 30.8 Å². The number of carbonyl (C=O) groups is 2. The Morgan fingerprint density at radius 2 is 2.19 bits per heavy atom. The average Bonchev–Trinajstić information content (AvgIpc) is 3.30. The molecule has 1 aromatic carbocycles. The number of hydrogen-bond donors (Lipinski definition) is 0. The smallest absolute Gasteiger partial charge is 0.185 e. The summed E-state index contributed by atoms with van der Waals surface area (Å²) in [5.74, 6) is -0.0615. The number of halogens is 1. The normalized spacial score (nSPS) is 16.7. The molecule has 0 spiro atoms. The Bertz CT molecular complexity index is 767. The molecule has 0 aliphatic carbocycles. The molecule has 0 bridgehead atoms. The predicted molar refractivity (Wildman–Crippen MR) is 89.3 cm³/mol. The highest BCUT2D eigenvalue weighted by Gasteiger charge is 2.23. The molecule has 0 saturated carbocycles. The number of aromatic nitrogens is 1. The van der Waals surface area contributed by atoms with Crippen molar-refractivity contribution in [3.8, 4) is 0 Å². The third-order valence-corrected chi connectivity index (χ3v) is 4.44. The van der Waals surface area contributed by atoms with E-state index in [9.17, 15) is 14.0 Å². The highest BCUT2D eigenvalue weighted by molar-refractivity contribution is 6.01.